The van der Waals surface area contributed by atoms with E-state index in [2.05, 4.69) is 24.5 Å². The van der Waals surface area contributed by atoms with Gasteiger partial charge < -0.3 is 15.4 Å². The van der Waals surface area contributed by atoms with E-state index < -0.39 is 0 Å². The maximum Gasteiger partial charge on any atom is 0.0671 e. The van der Waals surface area contributed by atoms with Gasteiger partial charge in [-0.25, -0.2) is 0 Å². The molecule has 1 saturated carbocycles. The van der Waals surface area contributed by atoms with Crippen molar-refractivity contribution in [2.24, 2.45) is 5.92 Å². The predicted octanol–water partition coefficient (Wildman–Crippen LogP) is 1.92. The Hall–Kier alpha value is -0.120. The Morgan fingerprint density at radius 1 is 1.29 bits per heavy atom. The van der Waals surface area contributed by atoms with Crippen molar-refractivity contribution in [2.75, 3.05) is 19.7 Å². The van der Waals surface area contributed by atoms with Gasteiger partial charge in [-0.15, -0.1) is 0 Å². The van der Waals surface area contributed by atoms with E-state index in [0.29, 0.717) is 12.1 Å². The van der Waals surface area contributed by atoms with Gasteiger partial charge in [0.25, 0.3) is 0 Å². The van der Waals surface area contributed by atoms with Gasteiger partial charge in [0.05, 0.1) is 6.10 Å². The van der Waals surface area contributed by atoms with Gasteiger partial charge in [-0.3, -0.25) is 0 Å². The van der Waals surface area contributed by atoms with E-state index in [1.807, 2.05) is 0 Å². The van der Waals surface area contributed by atoms with Crippen LogP contribution in [0.2, 0.25) is 0 Å². The summed E-state index contributed by atoms with van der Waals surface area (Å²) >= 11 is 0. The van der Waals surface area contributed by atoms with Gasteiger partial charge in [0, 0.05) is 25.2 Å². The molecule has 1 aliphatic heterocycles. The maximum atomic E-state index is 5.58. The van der Waals surface area contributed by atoms with E-state index in [-0.39, 0.29) is 0 Å². The Bertz CT molecular complexity index is 216. The highest BCUT2D eigenvalue weighted by Gasteiger charge is 2.34. The van der Waals surface area contributed by atoms with Crippen molar-refractivity contribution in [1.29, 1.82) is 0 Å². The highest BCUT2D eigenvalue weighted by molar-refractivity contribution is 4.93. The summed E-state index contributed by atoms with van der Waals surface area (Å²) in [4.78, 5) is 0. The summed E-state index contributed by atoms with van der Waals surface area (Å²) in [5, 5.41) is 7.40. The van der Waals surface area contributed by atoms with Gasteiger partial charge in [0.15, 0.2) is 0 Å². The minimum absolute atomic E-state index is 0.345. The molecule has 1 aliphatic carbocycles. The standard InChI is InChI=1S/C14H28N2O/c1-3-17-11(2)10-16-14-7-4-6-12(14)13-8-5-9-15-13/h11-16H,3-10H2,1-2H3. The lowest BCUT2D eigenvalue weighted by Gasteiger charge is -2.27. The summed E-state index contributed by atoms with van der Waals surface area (Å²) < 4.78 is 5.58. The first-order valence-corrected chi connectivity index (χ1v) is 7.39. The zero-order valence-electron chi connectivity index (χ0n) is 11.4. The van der Waals surface area contributed by atoms with Crippen molar-refractivity contribution >= 4 is 0 Å². The Morgan fingerprint density at radius 2 is 2.18 bits per heavy atom. The monoisotopic (exact) mass is 240 g/mol. The highest BCUT2D eigenvalue weighted by atomic mass is 16.5. The Balaban J connectivity index is 1.74. The zero-order chi connectivity index (χ0) is 12.1. The molecule has 2 fully saturated rings. The molecule has 0 aromatic heterocycles. The smallest absolute Gasteiger partial charge is 0.0671 e. The second-order valence-corrected chi connectivity index (χ2v) is 5.58. The minimum Gasteiger partial charge on any atom is -0.377 e. The topological polar surface area (TPSA) is 33.3 Å². The number of nitrogens with one attached hydrogen (secondary N) is 2. The minimum atomic E-state index is 0.345. The van der Waals surface area contributed by atoms with Gasteiger partial charge >= 0.3 is 0 Å². The molecule has 2 aliphatic rings. The molecule has 1 heterocycles. The first kappa shape index (κ1) is 13.3. The molecule has 4 unspecified atom stereocenters. The van der Waals surface area contributed by atoms with Crippen LogP contribution in [0.3, 0.4) is 0 Å². The molecule has 2 N–H and O–H groups in total. The van der Waals surface area contributed by atoms with Crippen molar-refractivity contribution in [3.8, 4) is 0 Å². The van der Waals surface area contributed by atoms with Gasteiger partial charge in [-0.05, 0) is 52.0 Å². The van der Waals surface area contributed by atoms with E-state index in [9.17, 15) is 0 Å². The summed E-state index contributed by atoms with van der Waals surface area (Å²) in [6.07, 6.45) is 7.23. The van der Waals surface area contributed by atoms with Crippen LogP contribution in [0, 0.1) is 5.92 Å². The van der Waals surface area contributed by atoms with Gasteiger partial charge in [-0.2, -0.15) is 0 Å². The maximum absolute atomic E-state index is 5.58. The van der Waals surface area contributed by atoms with Crippen LogP contribution in [0.15, 0.2) is 0 Å². The predicted molar refractivity (Wildman–Crippen MR) is 71.2 cm³/mol. The summed E-state index contributed by atoms with van der Waals surface area (Å²) in [6, 6.07) is 1.49. The molecule has 0 aromatic rings. The average molecular weight is 240 g/mol. The molecular weight excluding hydrogens is 212 g/mol. The van der Waals surface area contributed by atoms with Crippen LogP contribution in [0.5, 0.6) is 0 Å². The van der Waals surface area contributed by atoms with Crippen LogP contribution in [-0.4, -0.2) is 37.9 Å². The van der Waals surface area contributed by atoms with E-state index in [1.54, 1.807) is 0 Å². The molecule has 4 atom stereocenters. The molecule has 0 spiro atoms. The molecule has 0 radical (unpaired) electrons. The number of ether oxygens (including phenoxy) is 1. The molecule has 17 heavy (non-hydrogen) atoms. The van der Waals surface area contributed by atoms with E-state index in [0.717, 1.165) is 25.1 Å². The van der Waals surface area contributed by atoms with Gasteiger partial charge in [0.2, 0.25) is 0 Å². The second kappa shape index (κ2) is 6.72. The van der Waals surface area contributed by atoms with Crippen LogP contribution < -0.4 is 10.6 Å². The van der Waals surface area contributed by atoms with Crippen LogP contribution >= 0.6 is 0 Å². The largest absolute Gasteiger partial charge is 0.377 e. The van der Waals surface area contributed by atoms with E-state index in [1.165, 1.54) is 38.6 Å². The lowest BCUT2D eigenvalue weighted by Crippen LogP contribution is -2.44. The molecule has 2 rings (SSSR count). The number of hydrogen-bond acceptors (Lipinski definition) is 3. The van der Waals surface area contributed by atoms with Crippen molar-refractivity contribution < 1.29 is 4.74 Å². The third-order valence-electron chi connectivity index (χ3n) is 4.30. The Morgan fingerprint density at radius 3 is 2.88 bits per heavy atom. The lowest BCUT2D eigenvalue weighted by molar-refractivity contribution is 0.0722. The quantitative estimate of drug-likeness (QED) is 0.744. The van der Waals surface area contributed by atoms with Crippen LogP contribution in [0.1, 0.15) is 46.0 Å². The fourth-order valence-corrected chi connectivity index (χ4v) is 3.46. The summed E-state index contributed by atoms with van der Waals surface area (Å²) in [5.74, 6) is 0.853. The number of rotatable bonds is 6. The van der Waals surface area contributed by atoms with E-state index >= 15 is 0 Å². The number of hydrogen-bond donors (Lipinski definition) is 2. The van der Waals surface area contributed by atoms with Gasteiger partial charge in [-0.1, -0.05) is 6.42 Å². The third-order valence-corrected chi connectivity index (χ3v) is 4.30. The van der Waals surface area contributed by atoms with Crippen LogP contribution in [0.4, 0.5) is 0 Å². The molecular formula is C14H28N2O. The summed E-state index contributed by atoms with van der Waals surface area (Å²) in [6.45, 7) is 7.28. The Labute approximate surface area is 106 Å². The molecule has 100 valence electrons. The molecule has 3 nitrogen and oxygen atoms in total. The van der Waals surface area contributed by atoms with E-state index in [4.69, 9.17) is 4.74 Å². The molecule has 0 bridgehead atoms. The highest BCUT2D eigenvalue weighted by Crippen LogP contribution is 2.31. The second-order valence-electron chi connectivity index (χ2n) is 5.58. The van der Waals surface area contributed by atoms with Crippen molar-refractivity contribution in [2.45, 2.75) is 64.1 Å². The summed E-state index contributed by atoms with van der Waals surface area (Å²) in [7, 11) is 0. The van der Waals surface area contributed by atoms with Crippen molar-refractivity contribution in [1.82, 2.24) is 10.6 Å². The van der Waals surface area contributed by atoms with Gasteiger partial charge in [0.1, 0.15) is 0 Å². The fourth-order valence-electron chi connectivity index (χ4n) is 3.46. The van der Waals surface area contributed by atoms with Crippen LogP contribution in [0.25, 0.3) is 0 Å². The molecule has 0 aromatic carbocycles. The zero-order valence-corrected chi connectivity index (χ0v) is 11.4. The first-order valence-electron chi connectivity index (χ1n) is 7.39. The SMILES string of the molecule is CCOC(C)CNC1CCCC1C1CCCN1. The molecule has 1 saturated heterocycles. The molecule has 3 heteroatoms. The van der Waals surface area contributed by atoms with Crippen molar-refractivity contribution in [3.63, 3.8) is 0 Å². The molecule has 0 amide bonds. The van der Waals surface area contributed by atoms with Crippen LogP contribution in [-0.2, 0) is 4.74 Å². The lowest BCUT2D eigenvalue weighted by atomic mass is 9.93. The normalized spacial score (nSPS) is 35.3. The third kappa shape index (κ3) is 3.67. The fraction of sp³-hybridized carbons (Fsp3) is 1.00. The van der Waals surface area contributed by atoms with Crippen molar-refractivity contribution in [3.05, 3.63) is 0 Å². The average Bonchev–Trinajstić information content (AvgIpc) is 2.97. The first-order chi connectivity index (χ1) is 8.31. The Kier molecular flexibility index (Phi) is 5.26. The summed E-state index contributed by atoms with van der Waals surface area (Å²) in [5.41, 5.74) is 0.